The van der Waals surface area contributed by atoms with Crippen molar-refractivity contribution in [1.82, 2.24) is 0 Å². The summed E-state index contributed by atoms with van der Waals surface area (Å²) in [4.78, 5) is 11.0. The maximum Gasteiger partial charge on any atom is 0.418 e. The van der Waals surface area contributed by atoms with Crippen molar-refractivity contribution >= 4 is 34.6 Å². The van der Waals surface area contributed by atoms with E-state index in [0.29, 0.717) is 10.7 Å². The number of anilines is 3. The molecule has 0 saturated carbocycles. The molecule has 2 aromatic rings. The number of nitrogens with one attached hydrogen (secondary N) is 2. The molecule has 1 amide bonds. The van der Waals surface area contributed by atoms with Crippen LogP contribution in [0.1, 0.15) is 12.5 Å². The molecule has 3 nitrogen and oxygen atoms in total. The molecule has 0 atom stereocenters. The molecular weight excluding hydrogens is 317 g/mol. The predicted octanol–water partition coefficient (Wildman–Crippen LogP) is 5.06. The summed E-state index contributed by atoms with van der Waals surface area (Å²) in [6.45, 7) is 1.23. The predicted molar refractivity (Wildman–Crippen MR) is 80.5 cm³/mol. The summed E-state index contributed by atoms with van der Waals surface area (Å²) < 4.78 is 39.5. The summed E-state index contributed by atoms with van der Waals surface area (Å²) in [7, 11) is 0. The third-order valence-corrected chi connectivity index (χ3v) is 3.02. The topological polar surface area (TPSA) is 41.1 Å². The van der Waals surface area contributed by atoms with Crippen molar-refractivity contribution in [2.24, 2.45) is 0 Å². The summed E-state index contributed by atoms with van der Waals surface area (Å²) in [6, 6.07) is 9.84. The number of rotatable bonds is 3. The molecule has 0 heterocycles. The highest BCUT2D eigenvalue weighted by atomic mass is 35.5. The number of halogens is 4. The molecule has 0 bridgehead atoms. The third kappa shape index (κ3) is 4.14. The van der Waals surface area contributed by atoms with E-state index < -0.39 is 17.6 Å². The molecular formula is C15H12ClF3N2O. The lowest BCUT2D eigenvalue weighted by molar-refractivity contribution is -0.137. The Labute approximate surface area is 130 Å². The molecule has 2 N–H and O–H groups in total. The molecule has 0 saturated heterocycles. The molecule has 116 valence electrons. The molecule has 7 heteroatoms. The van der Waals surface area contributed by atoms with Crippen LogP contribution in [-0.2, 0) is 11.0 Å². The summed E-state index contributed by atoms with van der Waals surface area (Å²) in [5.74, 6) is -0.438. The minimum Gasteiger partial charge on any atom is -0.355 e. The van der Waals surface area contributed by atoms with E-state index >= 15 is 0 Å². The Morgan fingerprint density at radius 1 is 1.05 bits per heavy atom. The lowest BCUT2D eigenvalue weighted by atomic mass is 10.1. The molecule has 0 spiro atoms. The van der Waals surface area contributed by atoms with E-state index in [1.807, 2.05) is 0 Å². The van der Waals surface area contributed by atoms with Crippen molar-refractivity contribution in [2.75, 3.05) is 10.6 Å². The van der Waals surface area contributed by atoms with Gasteiger partial charge in [-0.2, -0.15) is 13.2 Å². The van der Waals surface area contributed by atoms with Crippen LogP contribution in [0, 0.1) is 0 Å². The zero-order valence-electron chi connectivity index (χ0n) is 11.5. The first-order valence-corrected chi connectivity index (χ1v) is 6.65. The fraction of sp³-hybridized carbons (Fsp3) is 0.133. The Morgan fingerprint density at radius 3 is 2.18 bits per heavy atom. The van der Waals surface area contributed by atoms with Gasteiger partial charge in [0.1, 0.15) is 0 Å². The Balaban J connectivity index is 2.37. The molecule has 0 aromatic heterocycles. The van der Waals surface area contributed by atoms with Crippen LogP contribution in [-0.4, -0.2) is 5.91 Å². The smallest absolute Gasteiger partial charge is 0.355 e. The van der Waals surface area contributed by atoms with Gasteiger partial charge >= 0.3 is 6.18 Å². The first-order chi connectivity index (χ1) is 10.3. The van der Waals surface area contributed by atoms with E-state index in [4.69, 9.17) is 11.6 Å². The van der Waals surface area contributed by atoms with Gasteiger partial charge in [-0.3, -0.25) is 4.79 Å². The van der Waals surface area contributed by atoms with Gasteiger partial charge in [0.05, 0.1) is 11.3 Å². The number of amides is 1. The second-order valence-electron chi connectivity index (χ2n) is 4.57. The Hall–Kier alpha value is -2.21. The summed E-state index contributed by atoms with van der Waals surface area (Å²) >= 11 is 5.74. The molecule has 22 heavy (non-hydrogen) atoms. The van der Waals surface area contributed by atoms with E-state index in [-0.39, 0.29) is 11.4 Å². The number of carbonyl (C=O) groups is 1. The van der Waals surface area contributed by atoms with Crippen LogP contribution in [0.25, 0.3) is 0 Å². The number of carbonyl (C=O) groups excluding carboxylic acids is 1. The highest BCUT2D eigenvalue weighted by Gasteiger charge is 2.34. The van der Waals surface area contributed by atoms with Crippen molar-refractivity contribution in [3.63, 3.8) is 0 Å². The van der Waals surface area contributed by atoms with E-state index in [1.54, 1.807) is 24.3 Å². The van der Waals surface area contributed by atoms with Gasteiger partial charge in [0.15, 0.2) is 0 Å². The Kier molecular flexibility index (Phi) is 4.61. The van der Waals surface area contributed by atoms with Crippen molar-refractivity contribution in [3.8, 4) is 0 Å². The molecule has 2 aromatic carbocycles. The monoisotopic (exact) mass is 328 g/mol. The zero-order chi connectivity index (χ0) is 16.3. The van der Waals surface area contributed by atoms with Gasteiger partial charge in [-0.25, -0.2) is 0 Å². The van der Waals surface area contributed by atoms with Crippen LogP contribution in [0.2, 0.25) is 5.02 Å². The first kappa shape index (κ1) is 16.2. The maximum absolute atomic E-state index is 13.2. The van der Waals surface area contributed by atoms with Crippen molar-refractivity contribution in [3.05, 3.63) is 53.1 Å². The second-order valence-corrected chi connectivity index (χ2v) is 5.01. The van der Waals surface area contributed by atoms with Gasteiger partial charge in [-0.1, -0.05) is 11.6 Å². The number of alkyl halides is 3. The van der Waals surface area contributed by atoms with E-state index in [9.17, 15) is 18.0 Å². The van der Waals surface area contributed by atoms with Crippen LogP contribution in [0.5, 0.6) is 0 Å². The van der Waals surface area contributed by atoms with Crippen LogP contribution in [0.4, 0.5) is 30.2 Å². The van der Waals surface area contributed by atoms with Gasteiger partial charge < -0.3 is 10.6 Å². The SMILES string of the molecule is CC(=O)Nc1ccc(Nc2ccc(Cl)cc2)c(C(F)(F)F)c1. The molecule has 0 aliphatic carbocycles. The molecule has 0 unspecified atom stereocenters. The molecule has 0 fully saturated rings. The van der Waals surface area contributed by atoms with Crippen LogP contribution < -0.4 is 10.6 Å². The zero-order valence-corrected chi connectivity index (χ0v) is 12.2. The Bertz CT molecular complexity index is 684. The van der Waals surface area contributed by atoms with E-state index in [1.165, 1.54) is 19.1 Å². The summed E-state index contributed by atoms with van der Waals surface area (Å²) in [5.41, 5.74) is -0.415. The summed E-state index contributed by atoms with van der Waals surface area (Å²) in [5, 5.41) is 5.52. The quantitative estimate of drug-likeness (QED) is 0.826. The highest BCUT2D eigenvalue weighted by molar-refractivity contribution is 6.30. The van der Waals surface area contributed by atoms with Crippen molar-refractivity contribution in [1.29, 1.82) is 0 Å². The summed E-state index contributed by atoms with van der Waals surface area (Å²) in [6.07, 6.45) is -4.55. The van der Waals surface area contributed by atoms with Crippen molar-refractivity contribution in [2.45, 2.75) is 13.1 Å². The van der Waals surface area contributed by atoms with Crippen LogP contribution in [0.15, 0.2) is 42.5 Å². The average Bonchev–Trinajstić information content (AvgIpc) is 2.41. The van der Waals surface area contributed by atoms with Crippen LogP contribution in [0.3, 0.4) is 0 Å². The van der Waals surface area contributed by atoms with Gasteiger partial charge in [-0.05, 0) is 42.5 Å². The average molecular weight is 329 g/mol. The second kappa shape index (κ2) is 6.27. The fourth-order valence-corrected chi connectivity index (χ4v) is 1.98. The maximum atomic E-state index is 13.2. The number of benzene rings is 2. The third-order valence-electron chi connectivity index (χ3n) is 2.77. The lowest BCUT2D eigenvalue weighted by Crippen LogP contribution is -2.11. The minimum absolute atomic E-state index is 0.0847. The fourth-order valence-electron chi connectivity index (χ4n) is 1.86. The highest BCUT2D eigenvalue weighted by Crippen LogP contribution is 2.37. The standard InChI is InChI=1S/C15H12ClF3N2O/c1-9(22)20-12-6-7-14(13(8-12)15(17,18)19)21-11-4-2-10(16)3-5-11/h2-8,21H,1H3,(H,20,22). The molecule has 2 rings (SSSR count). The van der Waals surface area contributed by atoms with Crippen LogP contribution >= 0.6 is 11.6 Å². The minimum atomic E-state index is -4.55. The number of hydrogen-bond acceptors (Lipinski definition) is 2. The van der Waals surface area contributed by atoms with Gasteiger partial charge in [0, 0.05) is 23.3 Å². The Morgan fingerprint density at radius 2 is 1.64 bits per heavy atom. The van der Waals surface area contributed by atoms with Gasteiger partial charge in [0.25, 0.3) is 0 Å². The molecule has 0 aliphatic rings. The van der Waals surface area contributed by atoms with Gasteiger partial charge in [0.2, 0.25) is 5.91 Å². The number of hydrogen-bond donors (Lipinski definition) is 2. The van der Waals surface area contributed by atoms with E-state index in [0.717, 1.165) is 6.07 Å². The normalized spacial score (nSPS) is 11.1. The largest absolute Gasteiger partial charge is 0.418 e. The molecule has 0 radical (unpaired) electrons. The lowest BCUT2D eigenvalue weighted by Gasteiger charge is -2.16. The van der Waals surface area contributed by atoms with E-state index in [2.05, 4.69) is 10.6 Å². The van der Waals surface area contributed by atoms with Gasteiger partial charge in [-0.15, -0.1) is 0 Å². The first-order valence-electron chi connectivity index (χ1n) is 6.27. The van der Waals surface area contributed by atoms with Crippen molar-refractivity contribution < 1.29 is 18.0 Å². The molecule has 0 aliphatic heterocycles.